The SMILES string of the molecule is CCOC(=O)c1cncc(N2CCC(=O)N(Cc3ccc(OC)cc3)C2=O)c1. The van der Waals surface area contributed by atoms with Crippen LogP contribution in [-0.2, 0) is 16.1 Å². The standard InChI is InChI=1S/C20H21N3O5/c1-3-28-19(25)15-10-16(12-21-11-15)22-9-8-18(24)23(20(22)26)13-14-4-6-17(27-2)7-5-14/h4-7,10-12H,3,8-9,13H2,1-2H3. The molecule has 0 atom stereocenters. The summed E-state index contributed by atoms with van der Waals surface area (Å²) in [5, 5.41) is 0. The zero-order valence-electron chi connectivity index (χ0n) is 15.8. The molecule has 1 fully saturated rings. The Morgan fingerprint density at radius 1 is 1.18 bits per heavy atom. The predicted molar refractivity (Wildman–Crippen MR) is 101 cm³/mol. The van der Waals surface area contributed by atoms with E-state index in [9.17, 15) is 14.4 Å². The Morgan fingerprint density at radius 2 is 1.93 bits per heavy atom. The number of amides is 3. The van der Waals surface area contributed by atoms with Crippen LogP contribution in [0.1, 0.15) is 29.3 Å². The molecule has 0 N–H and O–H groups in total. The number of benzene rings is 1. The van der Waals surface area contributed by atoms with E-state index in [1.807, 2.05) is 0 Å². The third kappa shape index (κ3) is 4.11. The molecule has 0 radical (unpaired) electrons. The van der Waals surface area contributed by atoms with Crippen molar-refractivity contribution in [3.63, 3.8) is 0 Å². The first-order valence-corrected chi connectivity index (χ1v) is 8.90. The second-order valence-electron chi connectivity index (χ2n) is 6.16. The first-order valence-electron chi connectivity index (χ1n) is 8.90. The van der Waals surface area contributed by atoms with Crippen LogP contribution < -0.4 is 9.64 Å². The van der Waals surface area contributed by atoms with Crippen molar-refractivity contribution in [3.8, 4) is 5.75 Å². The van der Waals surface area contributed by atoms with Gasteiger partial charge in [-0.1, -0.05) is 12.1 Å². The molecule has 0 spiro atoms. The molecule has 0 unspecified atom stereocenters. The minimum absolute atomic E-state index is 0.156. The Labute approximate surface area is 162 Å². The minimum atomic E-state index is -0.507. The van der Waals surface area contributed by atoms with Crippen LogP contribution in [0.4, 0.5) is 10.5 Å². The third-order valence-electron chi connectivity index (χ3n) is 4.36. The monoisotopic (exact) mass is 383 g/mol. The number of methoxy groups -OCH3 is 1. The number of aromatic nitrogens is 1. The van der Waals surface area contributed by atoms with Gasteiger partial charge in [-0.05, 0) is 30.7 Å². The lowest BCUT2D eigenvalue weighted by molar-refractivity contribution is -0.129. The Bertz CT molecular complexity index is 882. The summed E-state index contributed by atoms with van der Waals surface area (Å²) in [6.45, 7) is 2.34. The summed E-state index contributed by atoms with van der Waals surface area (Å²) in [6, 6.07) is 8.26. The van der Waals surface area contributed by atoms with E-state index in [4.69, 9.17) is 9.47 Å². The van der Waals surface area contributed by atoms with Crippen molar-refractivity contribution < 1.29 is 23.9 Å². The third-order valence-corrected chi connectivity index (χ3v) is 4.36. The Morgan fingerprint density at radius 3 is 2.61 bits per heavy atom. The number of nitrogens with zero attached hydrogens (tertiary/aromatic N) is 3. The smallest absolute Gasteiger partial charge is 0.339 e. The number of rotatable bonds is 6. The summed E-state index contributed by atoms with van der Waals surface area (Å²) in [7, 11) is 1.57. The highest BCUT2D eigenvalue weighted by molar-refractivity contribution is 6.06. The Balaban J connectivity index is 1.80. The molecule has 2 aromatic rings. The average molecular weight is 383 g/mol. The van der Waals surface area contributed by atoms with Gasteiger partial charge in [0.25, 0.3) is 0 Å². The van der Waals surface area contributed by atoms with E-state index in [1.54, 1.807) is 44.4 Å². The van der Waals surface area contributed by atoms with E-state index in [0.29, 0.717) is 11.4 Å². The number of anilines is 1. The molecule has 2 heterocycles. The quantitative estimate of drug-likeness (QED) is 0.713. The topological polar surface area (TPSA) is 89.0 Å². The minimum Gasteiger partial charge on any atom is -0.497 e. The van der Waals surface area contributed by atoms with Crippen LogP contribution >= 0.6 is 0 Å². The number of hydrogen-bond acceptors (Lipinski definition) is 6. The zero-order chi connectivity index (χ0) is 20.1. The van der Waals surface area contributed by atoms with Crippen LogP contribution in [0.25, 0.3) is 0 Å². The molecule has 3 amide bonds. The average Bonchev–Trinajstić information content (AvgIpc) is 2.72. The lowest BCUT2D eigenvalue weighted by Gasteiger charge is -2.34. The number of hydrogen-bond donors (Lipinski definition) is 0. The highest BCUT2D eigenvalue weighted by atomic mass is 16.5. The van der Waals surface area contributed by atoms with Gasteiger partial charge in [0, 0.05) is 19.2 Å². The van der Waals surface area contributed by atoms with Crippen molar-refractivity contribution >= 4 is 23.6 Å². The van der Waals surface area contributed by atoms with Gasteiger partial charge in [-0.25, -0.2) is 9.59 Å². The van der Waals surface area contributed by atoms with Crippen molar-refractivity contribution in [3.05, 3.63) is 53.9 Å². The molecule has 146 valence electrons. The van der Waals surface area contributed by atoms with Crippen LogP contribution in [0.5, 0.6) is 5.75 Å². The fourth-order valence-electron chi connectivity index (χ4n) is 2.90. The normalized spacial score (nSPS) is 14.2. The first-order chi connectivity index (χ1) is 13.5. The van der Waals surface area contributed by atoms with E-state index in [1.165, 1.54) is 22.2 Å². The number of esters is 1. The maximum absolute atomic E-state index is 12.9. The van der Waals surface area contributed by atoms with Crippen LogP contribution in [0.3, 0.4) is 0 Å². The van der Waals surface area contributed by atoms with Gasteiger partial charge in [-0.15, -0.1) is 0 Å². The van der Waals surface area contributed by atoms with Crippen LogP contribution in [0.15, 0.2) is 42.7 Å². The molecule has 0 bridgehead atoms. The largest absolute Gasteiger partial charge is 0.497 e. The van der Waals surface area contributed by atoms with Crippen molar-refractivity contribution in [1.29, 1.82) is 0 Å². The number of carbonyl (C=O) groups excluding carboxylic acids is 3. The van der Waals surface area contributed by atoms with Gasteiger partial charge in [0.05, 0.1) is 37.7 Å². The van der Waals surface area contributed by atoms with Gasteiger partial charge < -0.3 is 9.47 Å². The summed E-state index contributed by atoms with van der Waals surface area (Å²) in [5.74, 6) is -0.0532. The van der Waals surface area contributed by atoms with Crippen molar-refractivity contribution in [1.82, 2.24) is 9.88 Å². The summed E-state index contributed by atoms with van der Waals surface area (Å²) >= 11 is 0. The maximum Gasteiger partial charge on any atom is 0.339 e. The second-order valence-corrected chi connectivity index (χ2v) is 6.16. The molecule has 1 aromatic heterocycles. The molecule has 1 saturated heterocycles. The highest BCUT2D eigenvalue weighted by Crippen LogP contribution is 2.23. The lowest BCUT2D eigenvalue weighted by atomic mass is 10.1. The van der Waals surface area contributed by atoms with Crippen molar-refractivity contribution in [2.45, 2.75) is 19.9 Å². The number of imide groups is 1. The second kappa shape index (κ2) is 8.51. The molecule has 1 aromatic carbocycles. The molecule has 0 saturated carbocycles. The molecule has 0 aliphatic carbocycles. The molecular formula is C20H21N3O5. The molecule has 1 aliphatic heterocycles. The molecule has 8 nitrogen and oxygen atoms in total. The number of urea groups is 1. The van der Waals surface area contributed by atoms with Gasteiger partial charge in [0.15, 0.2) is 0 Å². The Hall–Kier alpha value is -3.42. The summed E-state index contributed by atoms with van der Waals surface area (Å²) in [4.78, 5) is 43.9. The van der Waals surface area contributed by atoms with Crippen LogP contribution in [-0.4, -0.2) is 48.1 Å². The molecule has 3 rings (SSSR count). The van der Waals surface area contributed by atoms with Crippen LogP contribution in [0, 0.1) is 0 Å². The summed E-state index contributed by atoms with van der Waals surface area (Å²) < 4.78 is 10.1. The number of carbonyl (C=O) groups is 3. The van der Waals surface area contributed by atoms with Gasteiger partial charge in [-0.3, -0.25) is 19.6 Å². The predicted octanol–water partition coefficient (Wildman–Crippen LogP) is 2.63. The molecule has 8 heteroatoms. The number of pyridine rings is 1. The maximum atomic E-state index is 12.9. The van der Waals surface area contributed by atoms with Crippen LogP contribution in [0.2, 0.25) is 0 Å². The van der Waals surface area contributed by atoms with E-state index >= 15 is 0 Å². The van der Waals surface area contributed by atoms with Gasteiger partial charge in [-0.2, -0.15) is 0 Å². The van der Waals surface area contributed by atoms with Gasteiger partial charge >= 0.3 is 12.0 Å². The molecule has 1 aliphatic rings. The van der Waals surface area contributed by atoms with E-state index in [0.717, 1.165) is 5.56 Å². The Kier molecular flexibility index (Phi) is 5.88. The summed E-state index contributed by atoms with van der Waals surface area (Å²) in [6.07, 6.45) is 3.06. The number of ether oxygens (including phenoxy) is 2. The fourth-order valence-corrected chi connectivity index (χ4v) is 2.90. The lowest BCUT2D eigenvalue weighted by Crippen LogP contribution is -2.52. The van der Waals surface area contributed by atoms with E-state index < -0.39 is 12.0 Å². The van der Waals surface area contributed by atoms with E-state index in [2.05, 4.69) is 4.98 Å². The van der Waals surface area contributed by atoms with Crippen molar-refractivity contribution in [2.75, 3.05) is 25.2 Å². The zero-order valence-corrected chi connectivity index (χ0v) is 15.8. The molecule has 28 heavy (non-hydrogen) atoms. The summed E-state index contributed by atoms with van der Waals surface area (Å²) in [5.41, 5.74) is 1.51. The molecular weight excluding hydrogens is 362 g/mol. The van der Waals surface area contributed by atoms with E-state index in [-0.39, 0.29) is 37.6 Å². The van der Waals surface area contributed by atoms with Gasteiger partial charge in [0.2, 0.25) is 5.91 Å². The van der Waals surface area contributed by atoms with Crippen molar-refractivity contribution in [2.24, 2.45) is 0 Å². The first kappa shape index (κ1) is 19.3. The van der Waals surface area contributed by atoms with Gasteiger partial charge in [0.1, 0.15) is 5.75 Å². The fraction of sp³-hybridized carbons (Fsp3) is 0.300. The highest BCUT2D eigenvalue weighted by Gasteiger charge is 2.33.